The minimum absolute atomic E-state index is 0. The third-order valence-corrected chi connectivity index (χ3v) is 4.88. The predicted octanol–water partition coefficient (Wildman–Crippen LogP) is 1.48. The predicted molar refractivity (Wildman–Crippen MR) is 102 cm³/mol. The van der Waals surface area contributed by atoms with Crippen LogP contribution >= 0.6 is 34.8 Å². The fraction of sp³-hybridized carbons (Fsp3) is 0.533. The summed E-state index contributed by atoms with van der Waals surface area (Å²) in [6, 6.07) is -0.000560. The average Bonchev–Trinajstić information content (AvgIpc) is 2.68. The molecule has 3 atom stereocenters. The number of rotatable bonds is 13. The van der Waals surface area contributed by atoms with E-state index in [1.54, 1.807) is 5.32 Å². The van der Waals surface area contributed by atoms with Crippen LogP contribution in [-0.2, 0) is 10.1 Å². The van der Waals surface area contributed by atoms with E-state index in [2.05, 4.69) is 49.0 Å². The maximum absolute atomic E-state index is 13.7. The zero-order valence-corrected chi connectivity index (χ0v) is 22.7. The summed E-state index contributed by atoms with van der Waals surface area (Å²) in [5.74, 6) is -8.76. The van der Waals surface area contributed by atoms with Gasteiger partial charge in [0, 0.05) is 12.1 Å². The van der Waals surface area contributed by atoms with E-state index in [1.807, 2.05) is 0 Å². The van der Waals surface area contributed by atoms with Gasteiger partial charge in [-0.2, -0.15) is 26.3 Å². The van der Waals surface area contributed by atoms with E-state index in [-0.39, 0.29) is 41.7 Å². The fourth-order valence-corrected chi connectivity index (χ4v) is 2.40. The van der Waals surface area contributed by atoms with Crippen LogP contribution in [0, 0.1) is 0 Å². The Bertz CT molecular complexity index is 1010. The van der Waals surface area contributed by atoms with E-state index in [0.717, 1.165) is 0 Å². The van der Waals surface area contributed by atoms with Gasteiger partial charge in [0.1, 0.15) is 0 Å². The molecule has 1 amide bonds. The van der Waals surface area contributed by atoms with E-state index in [1.165, 1.54) is 0 Å². The maximum atomic E-state index is 13.7. The third-order valence-electron chi connectivity index (χ3n) is 3.41. The maximum Gasteiger partial charge on any atom is 1.00 e. The monoisotopic (exact) mass is 647 g/mol. The number of halogens is 12. The average molecular weight is 649 g/mol. The zero-order chi connectivity index (χ0) is 28.3. The van der Waals surface area contributed by atoms with E-state index in [4.69, 9.17) is 0 Å². The van der Waals surface area contributed by atoms with Crippen molar-refractivity contribution in [3.05, 3.63) is 17.7 Å². The van der Waals surface area contributed by atoms with Crippen LogP contribution in [0.4, 0.5) is 39.5 Å². The quantitative estimate of drug-likeness (QED) is 0.149. The molecule has 1 rings (SSSR count). The molecule has 37 heavy (non-hydrogen) atoms. The van der Waals surface area contributed by atoms with E-state index in [0.29, 0.717) is 0 Å². The minimum atomic E-state index is -5.22. The molecule has 8 nitrogen and oxygen atoms in total. The molecule has 0 aliphatic rings. The van der Waals surface area contributed by atoms with Crippen molar-refractivity contribution < 1.29 is 101 Å². The standard InChI is InChI=1S/C15H11Cl3F9NO7S.Na/c16-10(19)13(22,23)33-6-3-5(9(29)28-1-2-36(30,31)32)4-7(34-14(24,25)11(17)20)8(6)35-15(26,27)12(18)21;/h3-4,10-12H,1-2H2,(H,28,29)(H,30,31,32);/q;+1/p-1. The molecular formula is C15H10Cl3F9NNaO7S. The van der Waals surface area contributed by atoms with E-state index >= 15 is 0 Å². The summed E-state index contributed by atoms with van der Waals surface area (Å²) in [5, 5.41) is 1.69. The number of carbonyl (C=O) groups is 1. The first-order chi connectivity index (χ1) is 16.1. The molecule has 0 radical (unpaired) electrons. The van der Waals surface area contributed by atoms with Gasteiger partial charge in [0.25, 0.3) is 22.8 Å². The molecule has 1 aromatic carbocycles. The number of carbonyl (C=O) groups excluding carboxylic acids is 1. The number of amides is 1. The van der Waals surface area contributed by atoms with Crippen LogP contribution in [0.5, 0.6) is 17.2 Å². The Kier molecular flexibility index (Phi) is 13.3. The molecule has 0 bridgehead atoms. The van der Waals surface area contributed by atoms with Crippen LogP contribution < -0.4 is 49.1 Å². The number of alkyl halides is 12. The zero-order valence-electron chi connectivity index (χ0n) is 17.6. The Hall–Kier alpha value is -0.760. The van der Waals surface area contributed by atoms with Crippen LogP contribution in [0.15, 0.2) is 12.1 Å². The van der Waals surface area contributed by atoms with Crippen molar-refractivity contribution in [2.45, 2.75) is 35.2 Å². The van der Waals surface area contributed by atoms with Crippen LogP contribution in [0.1, 0.15) is 10.4 Å². The van der Waals surface area contributed by atoms with Gasteiger partial charge in [-0.15, -0.1) is 0 Å². The molecule has 3 unspecified atom stereocenters. The van der Waals surface area contributed by atoms with Gasteiger partial charge in [-0.1, -0.05) is 34.8 Å². The topological polar surface area (TPSA) is 114 Å². The first kappa shape index (κ1) is 36.2. The van der Waals surface area contributed by atoms with Gasteiger partial charge in [0.15, 0.2) is 11.5 Å². The van der Waals surface area contributed by atoms with Crippen molar-refractivity contribution in [2.75, 3.05) is 12.3 Å². The SMILES string of the molecule is O=C(NCCS(=O)(=O)[O-])c1cc(OC(F)(F)C(F)Cl)c(OC(F)(F)C(F)Cl)c(OC(F)(F)C(F)Cl)c1.[Na+]. The first-order valence-corrected chi connectivity index (χ1v) is 11.4. The normalized spacial score (nSPS) is 15.2. The fourth-order valence-electron chi connectivity index (χ4n) is 1.91. The minimum Gasteiger partial charge on any atom is -0.748 e. The molecule has 0 heterocycles. The second-order valence-electron chi connectivity index (χ2n) is 6.21. The van der Waals surface area contributed by atoms with Gasteiger partial charge < -0.3 is 24.1 Å². The van der Waals surface area contributed by atoms with Crippen LogP contribution in [0.2, 0.25) is 0 Å². The molecule has 1 N–H and O–H groups in total. The van der Waals surface area contributed by atoms with Crippen LogP contribution in [-0.4, -0.2) is 66.4 Å². The Morgan fingerprint density at radius 1 is 0.865 bits per heavy atom. The summed E-state index contributed by atoms with van der Waals surface area (Å²) in [6.45, 7) is -0.946. The third kappa shape index (κ3) is 11.1. The Morgan fingerprint density at radius 3 is 1.54 bits per heavy atom. The van der Waals surface area contributed by atoms with Gasteiger partial charge in [-0.25, -0.2) is 21.6 Å². The molecule has 0 aromatic heterocycles. The number of benzene rings is 1. The summed E-state index contributed by atoms with van der Waals surface area (Å²) < 4.78 is 164. The second-order valence-corrected chi connectivity index (χ2v) is 8.89. The van der Waals surface area contributed by atoms with E-state index < -0.39 is 86.4 Å². The van der Waals surface area contributed by atoms with Gasteiger partial charge in [-0.05, 0) is 12.1 Å². The molecule has 1 aromatic rings. The van der Waals surface area contributed by atoms with Gasteiger partial charge in [0.2, 0.25) is 5.75 Å². The van der Waals surface area contributed by atoms with Crippen molar-refractivity contribution in [3.8, 4) is 17.2 Å². The van der Waals surface area contributed by atoms with Gasteiger partial charge in [-0.3, -0.25) is 4.79 Å². The summed E-state index contributed by atoms with van der Waals surface area (Å²) >= 11 is 13.7. The van der Waals surface area contributed by atoms with Crippen molar-refractivity contribution in [1.82, 2.24) is 5.32 Å². The molecule has 0 spiro atoms. The molecule has 0 saturated carbocycles. The first-order valence-electron chi connectivity index (χ1n) is 8.54. The molecule has 208 valence electrons. The molecule has 0 fully saturated rings. The van der Waals surface area contributed by atoms with Crippen molar-refractivity contribution in [3.63, 3.8) is 0 Å². The Morgan fingerprint density at radius 2 is 1.22 bits per heavy atom. The molecule has 0 aliphatic heterocycles. The van der Waals surface area contributed by atoms with Crippen molar-refractivity contribution >= 4 is 50.8 Å². The second kappa shape index (κ2) is 13.5. The number of hydrogen-bond acceptors (Lipinski definition) is 7. The molecule has 0 aliphatic carbocycles. The van der Waals surface area contributed by atoms with Gasteiger partial charge >= 0.3 is 47.9 Å². The summed E-state index contributed by atoms with van der Waals surface area (Å²) in [5.41, 5.74) is -12.4. The molecule has 0 saturated heterocycles. The van der Waals surface area contributed by atoms with Gasteiger partial charge in [0.05, 0.1) is 15.9 Å². The Labute approximate surface area is 238 Å². The Balaban J connectivity index is 0.0000130. The summed E-state index contributed by atoms with van der Waals surface area (Å²) in [4.78, 5) is 12.2. The smallest absolute Gasteiger partial charge is 0.748 e. The summed E-state index contributed by atoms with van der Waals surface area (Å²) in [6.07, 6.45) is -15.5. The van der Waals surface area contributed by atoms with E-state index in [9.17, 15) is 57.3 Å². The number of hydrogen-bond donors (Lipinski definition) is 1. The van der Waals surface area contributed by atoms with Crippen LogP contribution in [0.25, 0.3) is 0 Å². The van der Waals surface area contributed by atoms with Crippen molar-refractivity contribution in [1.29, 1.82) is 0 Å². The molecule has 22 heteroatoms. The largest absolute Gasteiger partial charge is 1.00 e. The molecular weight excluding hydrogens is 639 g/mol. The number of nitrogens with one attached hydrogen (secondary N) is 1. The number of ether oxygens (including phenoxy) is 3. The summed E-state index contributed by atoms with van der Waals surface area (Å²) in [7, 11) is -4.90. The van der Waals surface area contributed by atoms with Crippen molar-refractivity contribution in [2.24, 2.45) is 0 Å². The van der Waals surface area contributed by atoms with Crippen LogP contribution in [0.3, 0.4) is 0 Å².